The van der Waals surface area contributed by atoms with Gasteiger partial charge >= 0.3 is 11.7 Å². The van der Waals surface area contributed by atoms with Gasteiger partial charge in [-0.3, -0.25) is 52.9 Å². The van der Waals surface area contributed by atoms with Gasteiger partial charge in [0.15, 0.2) is 0 Å². The van der Waals surface area contributed by atoms with Gasteiger partial charge in [-0.05, 0) is 120 Å². The highest BCUT2D eigenvalue weighted by Crippen LogP contribution is 2.45. The van der Waals surface area contributed by atoms with Gasteiger partial charge in [0, 0.05) is 51.3 Å². The number of aromatic nitrogens is 2. The molecule has 6 aromatic rings. The van der Waals surface area contributed by atoms with Crippen LogP contribution in [0.4, 0.5) is 5.69 Å². The summed E-state index contributed by atoms with van der Waals surface area (Å²) in [6.45, 7) is 4.51. The van der Waals surface area contributed by atoms with Gasteiger partial charge in [0.1, 0.15) is 25.3 Å². The minimum Gasteiger partial charge on any atom is -0.465 e. The van der Waals surface area contributed by atoms with E-state index in [4.69, 9.17) is 29.4 Å². The molecule has 0 radical (unpaired) electrons. The average molecular weight is 1190 g/mol. The van der Waals surface area contributed by atoms with Gasteiger partial charge in [0.05, 0.1) is 68.3 Å². The molecule has 0 bridgehead atoms. The van der Waals surface area contributed by atoms with Crippen LogP contribution in [-0.2, 0) is 96.6 Å². The number of para-hydroxylation sites is 1. The van der Waals surface area contributed by atoms with E-state index in [1.54, 1.807) is 11.9 Å². The smallest absolute Gasteiger partial charge is 0.329 e. The zero-order chi connectivity index (χ0) is 61.0. The van der Waals surface area contributed by atoms with Crippen molar-refractivity contribution in [2.45, 2.75) is 121 Å². The van der Waals surface area contributed by atoms with Crippen LogP contribution in [0, 0.1) is 5.92 Å². The van der Waals surface area contributed by atoms with Crippen molar-refractivity contribution in [1.29, 1.82) is 0 Å². The van der Waals surface area contributed by atoms with Crippen molar-refractivity contribution in [2.24, 2.45) is 18.7 Å². The lowest BCUT2D eigenvalue weighted by atomic mass is 9.95. The molecule has 1 fully saturated rings. The number of aryl methyl sites for hydroxylation is 4. The number of imide groups is 1. The van der Waals surface area contributed by atoms with E-state index < -0.39 is 47.9 Å². The van der Waals surface area contributed by atoms with Crippen molar-refractivity contribution >= 4 is 58.1 Å². The number of hydrogen-bond acceptors (Lipinski definition) is 13. The Kier molecular flexibility index (Phi) is 20.5. The molecule has 5 atom stereocenters. The molecule has 10 rings (SSSR count). The Morgan fingerprint density at radius 2 is 1.41 bits per heavy atom. The van der Waals surface area contributed by atoms with E-state index in [0.29, 0.717) is 57.8 Å². The number of hydrogen-bond donors (Lipinski definition) is 4. The predicted molar refractivity (Wildman–Crippen MR) is 324 cm³/mol. The second-order valence-corrected chi connectivity index (χ2v) is 23.0. The highest BCUT2D eigenvalue weighted by atomic mass is 16.5. The van der Waals surface area contributed by atoms with E-state index in [1.807, 2.05) is 91.9 Å². The number of amides is 6. The van der Waals surface area contributed by atoms with Crippen molar-refractivity contribution in [3.63, 3.8) is 0 Å². The third-order valence-electron chi connectivity index (χ3n) is 17.1. The van der Waals surface area contributed by atoms with E-state index in [0.717, 1.165) is 87.0 Å². The van der Waals surface area contributed by atoms with E-state index in [1.165, 1.54) is 9.13 Å². The summed E-state index contributed by atoms with van der Waals surface area (Å²) in [6, 6.07) is 33.6. The fraction of sp³-hybridized carbons (Fsp3) is 0.433. The van der Waals surface area contributed by atoms with Crippen LogP contribution in [0.2, 0.25) is 0 Å². The Morgan fingerprint density at radius 1 is 0.736 bits per heavy atom. The Labute approximate surface area is 505 Å². The average Bonchev–Trinajstić information content (AvgIpc) is 1.96. The van der Waals surface area contributed by atoms with Gasteiger partial charge in [-0.15, -0.1) is 0 Å². The highest BCUT2D eigenvalue weighted by molar-refractivity contribution is 6.06. The number of ether oxygens (including phenoxy) is 5. The first-order valence-corrected chi connectivity index (χ1v) is 30.3. The Morgan fingerprint density at radius 3 is 2.15 bits per heavy atom. The summed E-state index contributed by atoms with van der Waals surface area (Å²) in [5.41, 5.74) is 16.7. The molecule has 1 aliphatic carbocycles. The molecule has 1 unspecified atom stereocenters. The Bertz CT molecular complexity index is 3510. The lowest BCUT2D eigenvalue weighted by molar-refractivity contribution is -0.147. The standard InChI is InChI=1S/C67H77N7O13/c1-42(54(25-28-59(68)75)70-65(80)58-37-47-13-7-12-46-23-24-48(66(81)74(58)63(46)47)38-62(78)87-40-53-51-16-5-3-14-49(51)50-15-4-6-17-52(50)53)86-39-45-20-18-43(19-21-45)10-8-30-69-61(77)41-85-35-34-84-33-32-83-31-9-11-44-22-26-55-57(36-44)72(2)67(82)73(55)56-27-29-60(76)71-64(56)79/h3-7,12-22,26,36,42,48,53-54,56,58H,8-11,23-25,27-35,37-41H2,1-2H3,(H2,68,75)(H,69,77)(H,70,80)(H,71,76,79)/t42-,48-,54+,56?,58+/m1/s1. The molecule has 3 aliphatic heterocycles. The van der Waals surface area contributed by atoms with Crippen molar-refractivity contribution in [3.8, 4) is 11.1 Å². The summed E-state index contributed by atoms with van der Waals surface area (Å²) < 4.78 is 32.1. The van der Waals surface area contributed by atoms with E-state index in [-0.39, 0.29) is 93.8 Å². The Balaban J connectivity index is 0.601. The lowest BCUT2D eigenvalue weighted by Crippen LogP contribution is -2.54. The van der Waals surface area contributed by atoms with Crippen molar-refractivity contribution < 1.29 is 57.2 Å². The number of nitrogens with two attached hydrogens (primary N) is 1. The molecule has 4 aliphatic rings. The van der Waals surface area contributed by atoms with Gasteiger partial charge in [0.2, 0.25) is 35.4 Å². The molecular formula is C67H77N7O13. The number of esters is 1. The number of piperidine rings is 1. The van der Waals surface area contributed by atoms with Crippen LogP contribution in [0.25, 0.3) is 22.2 Å². The van der Waals surface area contributed by atoms with Crippen LogP contribution in [0.3, 0.4) is 0 Å². The third kappa shape index (κ3) is 14.9. The molecule has 87 heavy (non-hydrogen) atoms. The maximum atomic E-state index is 14.6. The normalized spacial score (nSPS) is 17.7. The van der Waals surface area contributed by atoms with Crippen LogP contribution in [-0.4, -0.2) is 122 Å². The number of anilines is 1. The fourth-order valence-electron chi connectivity index (χ4n) is 12.5. The maximum absolute atomic E-state index is 14.6. The molecule has 1 saturated heterocycles. The molecule has 0 spiro atoms. The molecule has 4 heterocycles. The molecule has 20 nitrogen and oxygen atoms in total. The van der Waals surface area contributed by atoms with Crippen LogP contribution >= 0.6 is 0 Å². The van der Waals surface area contributed by atoms with E-state index in [9.17, 15) is 38.4 Å². The first-order valence-electron chi connectivity index (χ1n) is 30.3. The number of primary amides is 1. The molecular weight excluding hydrogens is 1110 g/mol. The summed E-state index contributed by atoms with van der Waals surface area (Å²) >= 11 is 0. The minimum absolute atomic E-state index is 0.0140. The second-order valence-electron chi connectivity index (χ2n) is 23.0. The number of rotatable bonds is 30. The first-order chi connectivity index (χ1) is 42.2. The van der Waals surface area contributed by atoms with Gasteiger partial charge in [-0.2, -0.15) is 0 Å². The third-order valence-corrected chi connectivity index (χ3v) is 17.1. The predicted octanol–water partition coefficient (Wildman–Crippen LogP) is 5.97. The molecule has 5 N–H and O–H groups in total. The van der Waals surface area contributed by atoms with Crippen molar-refractivity contribution in [1.82, 2.24) is 25.1 Å². The first kappa shape index (κ1) is 61.8. The second kappa shape index (κ2) is 28.9. The SMILES string of the molecule is C[C@@H](OCc1ccc(CCCNC(=O)COCCOCCOCCCc2ccc3c(c2)n(C)c(=O)n3C2CCC(=O)NC2=O)cc1)[C@H](CCC(N)=O)NC(=O)[C@@H]1Cc2cccc3c2N1C(=O)[C@@H](CC(=O)OCC1c2ccccc2-c2ccccc21)CC3. The molecule has 5 aromatic carbocycles. The quantitative estimate of drug-likeness (QED) is 0.0231. The zero-order valence-electron chi connectivity index (χ0n) is 49.4. The minimum atomic E-state index is -0.877. The lowest BCUT2D eigenvalue weighted by Gasteiger charge is -2.31. The zero-order valence-corrected chi connectivity index (χ0v) is 49.4. The number of carbonyl (C=O) groups excluding carboxylic acids is 7. The molecule has 0 saturated carbocycles. The summed E-state index contributed by atoms with van der Waals surface area (Å²) in [5, 5.41) is 8.35. The summed E-state index contributed by atoms with van der Waals surface area (Å²) in [4.78, 5) is 106. The van der Waals surface area contributed by atoms with Gasteiger partial charge in [-0.1, -0.05) is 97.1 Å². The Hall–Kier alpha value is -8.30. The number of imidazole rings is 1. The molecule has 6 amide bonds. The van der Waals surface area contributed by atoms with Crippen LogP contribution in [0.5, 0.6) is 0 Å². The molecule has 458 valence electrons. The topological polar surface area (TPSA) is 258 Å². The summed E-state index contributed by atoms with van der Waals surface area (Å²) in [7, 11) is 1.68. The van der Waals surface area contributed by atoms with Crippen LogP contribution in [0.15, 0.2) is 114 Å². The number of nitrogens with one attached hydrogen (secondary N) is 3. The van der Waals surface area contributed by atoms with Gasteiger partial charge in [-0.25, -0.2) is 4.79 Å². The van der Waals surface area contributed by atoms with E-state index >= 15 is 0 Å². The maximum Gasteiger partial charge on any atom is 0.329 e. The van der Waals surface area contributed by atoms with E-state index in [2.05, 4.69) is 40.2 Å². The summed E-state index contributed by atoms with van der Waals surface area (Å²) in [5.74, 6) is -3.46. The van der Waals surface area contributed by atoms with Crippen LogP contribution in [0.1, 0.15) is 109 Å². The monoisotopic (exact) mass is 1190 g/mol. The molecule has 1 aromatic heterocycles. The van der Waals surface area contributed by atoms with Gasteiger partial charge < -0.3 is 40.1 Å². The van der Waals surface area contributed by atoms with Crippen LogP contribution < -0.4 is 32.3 Å². The number of nitrogens with zero attached hydrogens (tertiary/aromatic N) is 3. The molecule has 20 heteroatoms. The number of benzene rings is 5. The highest BCUT2D eigenvalue weighted by Gasteiger charge is 2.45. The fourth-order valence-corrected chi connectivity index (χ4v) is 12.5. The van der Waals surface area contributed by atoms with Crippen molar-refractivity contribution in [3.05, 3.63) is 159 Å². The van der Waals surface area contributed by atoms with Gasteiger partial charge in [0.25, 0.3) is 0 Å². The number of carbonyl (C=O) groups is 7. The number of fused-ring (bicyclic) bond motifs is 4. The summed E-state index contributed by atoms with van der Waals surface area (Å²) in [6.07, 6.45) is 4.30. The van der Waals surface area contributed by atoms with Crippen molar-refractivity contribution in [2.75, 3.05) is 57.7 Å². The largest absolute Gasteiger partial charge is 0.465 e.